The quantitative estimate of drug-likeness (QED) is 0.419. The van der Waals surface area contributed by atoms with Crippen LogP contribution in [0.4, 0.5) is 5.69 Å². The van der Waals surface area contributed by atoms with E-state index < -0.39 is 0 Å². The molecule has 0 aliphatic heterocycles. The van der Waals surface area contributed by atoms with Gasteiger partial charge in [0.15, 0.2) is 12.4 Å². The lowest BCUT2D eigenvalue weighted by atomic mass is 10.0. The van der Waals surface area contributed by atoms with Crippen molar-refractivity contribution in [3.63, 3.8) is 0 Å². The average Bonchev–Trinajstić information content (AvgIpc) is 3.08. The second-order valence-corrected chi connectivity index (χ2v) is 7.18. The number of imidazole rings is 1. The molecule has 0 radical (unpaired) electrons. The van der Waals surface area contributed by atoms with Crippen molar-refractivity contribution >= 4 is 51.6 Å². The summed E-state index contributed by atoms with van der Waals surface area (Å²) < 4.78 is 7.37. The zero-order chi connectivity index (χ0) is 21.1. The van der Waals surface area contributed by atoms with Crippen LogP contribution in [0, 0.1) is 0 Å². The van der Waals surface area contributed by atoms with Gasteiger partial charge in [0.25, 0.3) is 5.91 Å². The number of ether oxygens (including phenoxy) is 1. The topological polar surface area (TPSA) is 73.2 Å². The Morgan fingerprint density at radius 1 is 1.21 bits per heavy atom. The summed E-state index contributed by atoms with van der Waals surface area (Å²) in [7, 11) is 1.90. The molecule has 0 atom stereocenters. The number of halogens is 2. The van der Waals surface area contributed by atoms with Crippen LogP contribution in [0.3, 0.4) is 0 Å². The van der Waals surface area contributed by atoms with Gasteiger partial charge in [0.05, 0.1) is 22.4 Å². The number of hydrogen-bond acceptors (Lipinski definition) is 4. The molecule has 0 saturated carbocycles. The number of amides is 1. The Morgan fingerprint density at radius 2 is 1.97 bits per heavy atom. The number of carbonyl (C=O) groups excluding carboxylic acids is 2. The number of rotatable bonds is 7. The second kappa shape index (κ2) is 8.68. The first-order chi connectivity index (χ1) is 13.8. The molecule has 1 aromatic heterocycles. The van der Waals surface area contributed by atoms with Crippen LogP contribution in [0.15, 0.2) is 48.8 Å². The van der Waals surface area contributed by atoms with Gasteiger partial charge < -0.3 is 14.6 Å². The van der Waals surface area contributed by atoms with Gasteiger partial charge in [-0.2, -0.15) is 0 Å². The normalized spacial score (nSPS) is 10.8. The number of hydrogen-bond donors (Lipinski definition) is 1. The molecule has 150 valence electrons. The molecule has 1 heterocycles. The van der Waals surface area contributed by atoms with E-state index in [1.165, 1.54) is 12.1 Å². The molecule has 1 amide bonds. The standard InChI is InChI=1S/C21H19Cl2N3O3/c1-4-12(2)21(28)14-6-8-17(20(23)19(14)22)29-10-18(27)25-13-5-7-16-15(9-13)24-11-26(16)3/h5-9,11H,2,4,10H2,1,3H3,(H,25,27). The summed E-state index contributed by atoms with van der Waals surface area (Å²) in [6.07, 6.45) is 2.21. The van der Waals surface area contributed by atoms with Crippen molar-refractivity contribution in [3.05, 3.63) is 64.4 Å². The molecule has 0 saturated heterocycles. The smallest absolute Gasteiger partial charge is 0.262 e. The highest BCUT2D eigenvalue weighted by molar-refractivity contribution is 6.45. The molecule has 29 heavy (non-hydrogen) atoms. The number of allylic oxidation sites excluding steroid dienone is 1. The summed E-state index contributed by atoms with van der Waals surface area (Å²) in [4.78, 5) is 28.7. The summed E-state index contributed by atoms with van der Waals surface area (Å²) in [5.41, 5.74) is 3.02. The monoisotopic (exact) mass is 431 g/mol. The number of Topliss-reactive ketones (excluding diaryl/α,β-unsaturated/α-hetero) is 1. The largest absolute Gasteiger partial charge is 0.482 e. The molecule has 2 aromatic carbocycles. The summed E-state index contributed by atoms with van der Waals surface area (Å²) in [5.74, 6) is -0.425. The minimum atomic E-state index is -0.369. The molecule has 6 nitrogen and oxygen atoms in total. The van der Waals surface area contributed by atoms with E-state index >= 15 is 0 Å². The van der Waals surface area contributed by atoms with Crippen molar-refractivity contribution in [1.29, 1.82) is 0 Å². The number of nitrogens with zero attached hydrogens (tertiary/aromatic N) is 2. The van der Waals surface area contributed by atoms with Crippen LogP contribution in [0.2, 0.25) is 10.0 Å². The number of fused-ring (bicyclic) bond motifs is 1. The number of anilines is 1. The van der Waals surface area contributed by atoms with E-state index in [0.29, 0.717) is 17.7 Å². The van der Waals surface area contributed by atoms with Gasteiger partial charge in [-0.1, -0.05) is 36.7 Å². The Hall–Kier alpha value is -2.83. The van der Waals surface area contributed by atoms with E-state index in [1.807, 2.05) is 24.6 Å². The van der Waals surface area contributed by atoms with Gasteiger partial charge in [0.2, 0.25) is 0 Å². The Labute approximate surface area is 178 Å². The van der Waals surface area contributed by atoms with Gasteiger partial charge in [-0.25, -0.2) is 4.98 Å². The minimum absolute atomic E-state index is 0.0733. The molecule has 0 aliphatic rings. The van der Waals surface area contributed by atoms with Gasteiger partial charge in [0.1, 0.15) is 10.8 Å². The van der Waals surface area contributed by atoms with Gasteiger partial charge in [0, 0.05) is 18.3 Å². The van der Waals surface area contributed by atoms with Gasteiger partial charge in [-0.05, 0) is 42.3 Å². The van der Waals surface area contributed by atoms with Crippen LogP contribution in [0.5, 0.6) is 5.75 Å². The fourth-order valence-corrected chi connectivity index (χ4v) is 3.19. The zero-order valence-corrected chi connectivity index (χ0v) is 17.5. The lowest BCUT2D eigenvalue weighted by molar-refractivity contribution is -0.118. The van der Waals surface area contributed by atoms with Crippen LogP contribution >= 0.6 is 23.2 Å². The van der Waals surface area contributed by atoms with Crippen molar-refractivity contribution in [2.45, 2.75) is 13.3 Å². The first-order valence-corrected chi connectivity index (χ1v) is 9.61. The maximum Gasteiger partial charge on any atom is 0.262 e. The molecule has 0 aliphatic carbocycles. The van der Waals surface area contributed by atoms with Crippen molar-refractivity contribution in [1.82, 2.24) is 9.55 Å². The number of ketones is 1. The van der Waals surface area contributed by atoms with E-state index in [-0.39, 0.29) is 39.7 Å². The van der Waals surface area contributed by atoms with Crippen LogP contribution in [0.25, 0.3) is 11.0 Å². The van der Waals surface area contributed by atoms with Crippen LogP contribution in [0.1, 0.15) is 23.7 Å². The Kier molecular flexibility index (Phi) is 6.25. The predicted molar refractivity (Wildman–Crippen MR) is 115 cm³/mol. The molecular formula is C21H19Cl2N3O3. The molecule has 0 fully saturated rings. The lowest BCUT2D eigenvalue weighted by Crippen LogP contribution is -2.20. The first kappa shape index (κ1) is 20.9. The number of aromatic nitrogens is 2. The highest BCUT2D eigenvalue weighted by Gasteiger charge is 2.18. The number of aryl methyl sites for hydroxylation is 1. The van der Waals surface area contributed by atoms with Crippen LogP contribution in [-0.2, 0) is 11.8 Å². The molecular weight excluding hydrogens is 413 g/mol. The predicted octanol–water partition coefficient (Wildman–Crippen LogP) is 5.05. The lowest BCUT2D eigenvalue weighted by Gasteiger charge is -2.12. The molecule has 1 N–H and O–H groups in total. The highest BCUT2D eigenvalue weighted by Crippen LogP contribution is 2.35. The Bertz CT molecular complexity index is 1120. The summed E-state index contributed by atoms with van der Waals surface area (Å²) >= 11 is 12.4. The van der Waals surface area contributed by atoms with Gasteiger partial charge >= 0.3 is 0 Å². The summed E-state index contributed by atoms with van der Waals surface area (Å²) in [6.45, 7) is 5.28. The molecule has 3 rings (SSSR count). The summed E-state index contributed by atoms with van der Waals surface area (Å²) in [5, 5.41) is 2.89. The number of nitrogens with one attached hydrogen (secondary N) is 1. The van der Waals surface area contributed by atoms with E-state index in [2.05, 4.69) is 16.9 Å². The van der Waals surface area contributed by atoms with Crippen molar-refractivity contribution in [2.75, 3.05) is 11.9 Å². The maximum atomic E-state index is 12.3. The van der Waals surface area contributed by atoms with E-state index in [4.69, 9.17) is 27.9 Å². The first-order valence-electron chi connectivity index (χ1n) is 8.86. The van der Waals surface area contributed by atoms with Crippen molar-refractivity contribution in [3.8, 4) is 5.75 Å². The Morgan fingerprint density at radius 3 is 2.69 bits per heavy atom. The molecule has 0 bridgehead atoms. The minimum Gasteiger partial charge on any atom is -0.482 e. The van der Waals surface area contributed by atoms with Gasteiger partial charge in [-0.15, -0.1) is 0 Å². The fraction of sp³-hybridized carbons (Fsp3) is 0.190. The maximum absolute atomic E-state index is 12.3. The fourth-order valence-electron chi connectivity index (χ4n) is 2.72. The van der Waals surface area contributed by atoms with E-state index in [0.717, 1.165) is 11.0 Å². The summed E-state index contributed by atoms with van der Waals surface area (Å²) in [6, 6.07) is 8.46. The second-order valence-electron chi connectivity index (χ2n) is 6.42. The number of carbonyl (C=O) groups is 2. The van der Waals surface area contributed by atoms with Crippen LogP contribution < -0.4 is 10.1 Å². The van der Waals surface area contributed by atoms with Gasteiger partial charge in [-0.3, -0.25) is 9.59 Å². The zero-order valence-electron chi connectivity index (χ0n) is 16.0. The van der Waals surface area contributed by atoms with Crippen molar-refractivity contribution in [2.24, 2.45) is 7.05 Å². The molecule has 3 aromatic rings. The van der Waals surface area contributed by atoms with E-state index in [9.17, 15) is 9.59 Å². The van der Waals surface area contributed by atoms with Crippen molar-refractivity contribution < 1.29 is 14.3 Å². The highest BCUT2D eigenvalue weighted by atomic mass is 35.5. The Balaban J connectivity index is 1.67. The number of benzene rings is 2. The third-order valence-electron chi connectivity index (χ3n) is 4.41. The molecule has 0 spiro atoms. The third kappa shape index (κ3) is 4.44. The van der Waals surface area contributed by atoms with Crippen LogP contribution in [-0.4, -0.2) is 27.8 Å². The third-order valence-corrected chi connectivity index (χ3v) is 5.27. The molecule has 0 unspecified atom stereocenters. The van der Waals surface area contributed by atoms with E-state index in [1.54, 1.807) is 18.5 Å². The average molecular weight is 432 g/mol. The SMILES string of the molecule is C=C(CC)C(=O)c1ccc(OCC(=O)Nc2ccc3c(c2)ncn3C)c(Cl)c1Cl. The molecule has 8 heteroatoms.